The van der Waals surface area contributed by atoms with Crippen LogP contribution in [0.1, 0.15) is 73.8 Å². The molecule has 0 aliphatic heterocycles. The molecular formula is C33H41N3O3. The average molecular weight is 528 g/mol. The zero-order valence-electron chi connectivity index (χ0n) is 23.6. The molecule has 1 heterocycles. The lowest BCUT2D eigenvalue weighted by molar-refractivity contribution is -0.151. The quantitative estimate of drug-likeness (QED) is 0.312. The van der Waals surface area contributed by atoms with Gasteiger partial charge in [0.15, 0.2) is 0 Å². The highest BCUT2D eigenvalue weighted by Gasteiger charge is 2.26. The monoisotopic (exact) mass is 527 g/mol. The molecule has 1 aromatic heterocycles. The van der Waals surface area contributed by atoms with Crippen LogP contribution in [0.25, 0.3) is 11.3 Å². The fourth-order valence-electron chi connectivity index (χ4n) is 5.15. The van der Waals surface area contributed by atoms with Crippen LogP contribution in [-0.2, 0) is 16.1 Å². The Bertz CT molecular complexity index is 1380. The zero-order valence-corrected chi connectivity index (χ0v) is 23.6. The molecule has 3 N–H and O–H groups in total. The Morgan fingerprint density at radius 3 is 2.38 bits per heavy atom. The van der Waals surface area contributed by atoms with Crippen LogP contribution in [0.3, 0.4) is 0 Å². The molecule has 0 amide bonds. The second-order valence-electron chi connectivity index (χ2n) is 11.2. The van der Waals surface area contributed by atoms with Crippen molar-refractivity contribution in [3.63, 3.8) is 0 Å². The third-order valence-corrected chi connectivity index (χ3v) is 7.63. The molecule has 206 valence electrons. The fraction of sp³-hybridized carbons (Fsp3) is 0.394. The first-order chi connectivity index (χ1) is 18.6. The number of pyridine rings is 1. The highest BCUT2D eigenvalue weighted by Crippen LogP contribution is 2.28. The topological polar surface area (TPSA) is 86.3 Å². The molecule has 6 nitrogen and oxygen atoms in total. The van der Waals surface area contributed by atoms with Gasteiger partial charge in [0.2, 0.25) is 0 Å². The number of aryl methyl sites for hydroxylation is 2. The number of aromatic nitrogens is 1. The molecule has 2 aromatic carbocycles. The summed E-state index contributed by atoms with van der Waals surface area (Å²) in [5.41, 5.74) is 12.9. The number of anilines is 1. The van der Waals surface area contributed by atoms with Gasteiger partial charge in [-0.25, -0.2) is 0 Å². The Labute approximate surface area is 231 Å². The number of nitrogen functional groups attached to an aromatic ring is 1. The van der Waals surface area contributed by atoms with Gasteiger partial charge in [-0.15, -0.1) is 0 Å². The maximum atomic E-state index is 12.9. The molecule has 1 atom stereocenters. The normalized spacial score (nSPS) is 14.5. The van der Waals surface area contributed by atoms with Crippen molar-refractivity contribution >= 4 is 17.4 Å². The summed E-state index contributed by atoms with van der Waals surface area (Å²) in [4.78, 5) is 25.7. The summed E-state index contributed by atoms with van der Waals surface area (Å²) in [6, 6.07) is 16.8. The number of benzene rings is 2. The number of esters is 1. The zero-order chi connectivity index (χ0) is 28.1. The molecule has 1 aliphatic rings. The van der Waals surface area contributed by atoms with Gasteiger partial charge in [-0.1, -0.05) is 50.8 Å². The molecule has 1 saturated carbocycles. The number of carbonyl (C=O) groups is 1. The molecule has 3 aromatic rings. The van der Waals surface area contributed by atoms with Gasteiger partial charge < -0.3 is 15.8 Å². The minimum atomic E-state index is -0.350. The van der Waals surface area contributed by atoms with E-state index in [2.05, 4.69) is 51.7 Å². The van der Waals surface area contributed by atoms with E-state index in [0.29, 0.717) is 30.4 Å². The van der Waals surface area contributed by atoms with Crippen LogP contribution < -0.4 is 16.6 Å². The molecule has 0 spiro atoms. The van der Waals surface area contributed by atoms with E-state index >= 15 is 0 Å². The van der Waals surface area contributed by atoms with Gasteiger partial charge in [0, 0.05) is 18.2 Å². The van der Waals surface area contributed by atoms with E-state index in [4.69, 9.17) is 10.5 Å². The largest absolute Gasteiger partial charge is 0.461 e. The second-order valence-corrected chi connectivity index (χ2v) is 11.2. The minimum Gasteiger partial charge on any atom is -0.461 e. The summed E-state index contributed by atoms with van der Waals surface area (Å²) in [7, 11) is 0. The van der Waals surface area contributed by atoms with Crippen molar-refractivity contribution in [3.8, 4) is 5.69 Å². The Kier molecular flexibility index (Phi) is 9.08. The van der Waals surface area contributed by atoms with E-state index < -0.39 is 0 Å². The first-order valence-electron chi connectivity index (χ1n) is 14.0. The maximum Gasteiger partial charge on any atom is 0.323 e. The third-order valence-electron chi connectivity index (χ3n) is 7.63. The predicted molar refractivity (Wildman–Crippen MR) is 159 cm³/mol. The average Bonchev–Trinajstić information content (AvgIpc) is 3.41. The van der Waals surface area contributed by atoms with Crippen molar-refractivity contribution < 1.29 is 9.53 Å². The lowest BCUT2D eigenvalue weighted by atomic mass is 9.96. The molecule has 1 unspecified atom stereocenters. The van der Waals surface area contributed by atoms with Crippen molar-refractivity contribution in [2.24, 2.45) is 5.92 Å². The maximum absolute atomic E-state index is 12.9. The lowest BCUT2D eigenvalue weighted by Crippen LogP contribution is -2.40. The highest BCUT2D eigenvalue weighted by molar-refractivity contribution is 5.83. The number of nitrogens with zero attached hydrogens (tertiary/aromatic N) is 1. The summed E-state index contributed by atoms with van der Waals surface area (Å²) in [5, 5.41) is 3.39. The summed E-state index contributed by atoms with van der Waals surface area (Å²) < 4.78 is 7.29. The van der Waals surface area contributed by atoms with Crippen molar-refractivity contribution in [2.45, 2.75) is 78.5 Å². The van der Waals surface area contributed by atoms with Crippen molar-refractivity contribution in [1.82, 2.24) is 9.88 Å². The highest BCUT2D eigenvalue weighted by atomic mass is 16.5. The molecular weight excluding hydrogens is 486 g/mol. The third kappa shape index (κ3) is 6.87. The molecule has 4 rings (SSSR count). The molecule has 1 aliphatic carbocycles. The first-order valence-corrected chi connectivity index (χ1v) is 14.0. The lowest BCUT2D eigenvalue weighted by Gasteiger charge is -2.22. The van der Waals surface area contributed by atoms with Crippen molar-refractivity contribution in [1.29, 1.82) is 0 Å². The van der Waals surface area contributed by atoms with E-state index in [1.54, 1.807) is 6.07 Å². The number of nitrogens with two attached hydrogens (primary N) is 1. The predicted octanol–water partition coefficient (Wildman–Crippen LogP) is 6.09. The molecule has 0 saturated heterocycles. The van der Waals surface area contributed by atoms with Crippen LogP contribution in [0.15, 0.2) is 66.0 Å². The number of carbonyl (C=O) groups excluding carboxylic acids is 1. The van der Waals surface area contributed by atoms with Crippen LogP contribution in [0.5, 0.6) is 0 Å². The van der Waals surface area contributed by atoms with Gasteiger partial charge in [-0.05, 0) is 97.9 Å². The van der Waals surface area contributed by atoms with E-state index in [-0.39, 0.29) is 23.7 Å². The number of rotatable bonds is 10. The molecule has 0 bridgehead atoms. The van der Waals surface area contributed by atoms with Gasteiger partial charge in [-0.3, -0.25) is 14.2 Å². The van der Waals surface area contributed by atoms with E-state index in [1.165, 1.54) is 21.8 Å². The van der Waals surface area contributed by atoms with E-state index in [9.17, 15) is 9.59 Å². The summed E-state index contributed by atoms with van der Waals surface area (Å²) in [6.45, 7) is 13.1. The van der Waals surface area contributed by atoms with Crippen LogP contribution >= 0.6 is 0 Å². The molecule has 1 fully saturated rings. The number of hydrogen-bond donors (Lipinski definition) is 2. The second kappa shape index (κ2) is 12.5. The Morgan fingerprint density at radius 2 is 1.74 bits per heavy atom. The van der Waals surface area contributed by atoms with Crippen LogP contribution in [0, 0.1) is 19.8 Å². The number of nitrogens with one attached hydrogen (secondary N) is 1. The number of ether oxygens (including phenoxy) is 1. The van der Waals surface area contributed by atoms with Gasteiger partial charge in [0.25, 0.3) is 5.56 Å². The molecule has 39 heavy (non-hydrogen) atoms. The van der Waals surface area contributed by atoms with Crippen LogP contribution in [-0.4, -0.2) is 22.7 Å². The molecule has 6 heteroatoms. The smallest absolute Gasteiger partial charge is 0.323 e. The van der Waals surface area contributed by atoms with Gasteiger partial charge in [-0.2, -0.15) is 0 Å². The Hall–Kier alpha value is -3.64. The Morgan fingerprint density at radius 1 is 1.05 bits per heavy atom. The summed E-state index contributed by atoms with van der Waals surface area (Å²) in [6.07, 6.45) is 4.95. The van der Waals surface area contributed by atoms with Gasteiger partial charge >= 0.3 is 5.97 Å². The summed E-state index contributed by atoms with van der Waals surface area (Å²) >= 11 is 0. The van der Waals surface area contributed by atoms with E-state index in [1.807, 2.05) is 30.3 Å². The fourth-order valence-corrected chi connectivity index (χ4v) is 5.15. The molecule has 0 radical (unpaired) electrons. The van der Waals surface area contributed by atoms with Crippen molar-refractivity contribution in [3.05, 3.63) is 99.3 Å². The minimum absolute atomic E-state index is 0.0545. The van der Waals surface area contributed by atoms with Gasteiger partial charge in [0.1, 0.15) is 18.0 Å². The van der Waals surface area contributed by atoms with Crippen LogP contribution in [0.4, 0.5) is 5.82 Å². The Balaban J connectivity index is 1.50. The first kappa shape index (κ1) is 28.4. The van der Waals surface area contributed by atoms with Crippen molar-refractivity contribution in [2.75, 3.05) is 5.73 Å². The van der Waals surface area contributed by atoms with Crippen LogP contribution in [0.2, 0.25) is 0 Å². The van der Waals surface area contributed by atoms with E-state index in [0.717, 1.165) is 47.9 Å². The van der Waals surface area contributed by atoms with Gasteiger partial charge in [0.05, 0.1) is 5.69 Å². The number of hydrogen-bond acceptors (Lipinski definition) is 5. The standard InChI is InChI=1S/C33H41N3O3/c1-21(2)18-30(33(38)39-28-8-6-7-9-28)35-20-25-11-14-27(15-12-25)36-31(37)17-16-29(32(36)34)24(5)26-13-10-22(3)23(4)19-26/h10-17,19,21,28,30,35H,5-9,18,20,34H2,1-4H3. The summed E-state index contributed by atoms with van der Waals surface area (Å²) in [5.74, 6) is 0.553. The SMILES string of the molecule is C=C(c1ccc(C)c(C)c1)c1ccc(=O)n(-c2ccc(CNC(CC(C)C)C(=O)OC3CCCC3)cc2)c1N.